The maximum absolute atomic E-state index is 8.77. The maximum atomic E-state index is 8.77. The van der Waals surface area contributed by atoms with Crippen molar-refractivity contribution in [3.05, 3.63) is 24.0 Å². The van der Waals surface area contributed by atoms with Crippen LogP contribution in [0, 0.1) is 17.2 Å². The molecule has 0 radical (unpaired) electrons. The first-order chi connectivity index (χ1) is 6.31. The van der Waals surface area contributed by atoms with Crippen molar-refractivity contribution < 1.29 is 0 Å². The summed E-state index contributed by atoms with van der Waals surface area (Å²) in [5, 5.41) is 12.1. The number of aromatic nitrogens is 1. The SMILES string of the molecule is CC1CC1Nc1cccnc1C#N. The first kappa shape index (κ1) is 8.06. The standard InChI is InChI=1S/C10H11N3/c1-7-5-9(7)13-8-3-2-4-12-10(8)6-11/h2-4,7,9,13H,5H2,1H3. The molecule has 66 valence electrons. The Balaban J connectivity index is 2.15. The van der Waals surface area contributed by atoms with Gasteiger partial charge >= 0.3 is 0 Å². The summed E-state index contributed by atoms with van der Waals surface area (Å²) in [5.74, 6) is 0.728. The van der Waals surface area contributed by atoms with Gasteiger partial charge in [0.1, 0.15) is 6.07 Å². The van der Waals surface area contributed by atoms with Crippen LogP contribution in [0.5, 0.6) is 0 Å². The summed E-state index contributed by atoms with van der Waals surface area (Å²) in [6.07, 6.45) is 2.83. The Hall–Kier alpha value is -1.56. The summed E-state index contributed by atoms with van der Waals surface area (Å²) in [4.78, 5) is 3.98. The molecule has 2 rings (SSSR count). The lowest BCUT2D eigenvalue weighted by atomic mass is 10.3. The van der Waals surface area contributed by atoms with Crippen LogP contribution in [-0.4, -0.2) is 11.0 Å². The highest BCUT2D eigenvalue weighted by Gasteiger charge is 2.32. The lowest BCUT2D eigenvalue weighted by molar-refractivity contribution is 0.927. The van der Waals surface area contributed by atoms with E-state index < -0.39 is 0 Å². The predicted octanol–water partition coefficient (Wildman–Crippen LogP) is 1.77. The molecule has 1 saturated carbocycles. The predicted molar refractivity (Wildman–Crippen MR) is 50.1 cm³/mol. The lowest BCUT2D eigenvalue weighted by Crippen LogP contribution is -2.05. The number of rotatable bonds is 2. The van der Waals surface area contributed by atoms with Crippen LogP contribution >= 0.6 is 0 Å². The van der Waals surface area contributed by atoms with Crippen LogP contribution in [0.2, 0.25) is 0 Å². The molecular formula is C10H11N3. The molecule has 3 heteroatoms. The molecule has 2 unspecified atom stereocenters. The zero-order chi connectivity index (χ0) is 9.26. The molecule has 1 N–H and O–H groups in total. The van der Waals surface area contributed by atoms with Crippen molar-refractivity contribution in [1.82, 2.24) is 4.98 Å². The minimum Gasteiger partial charge on any atom is -0.380 e. The highest BCUT2D eigenvalue weighted by atomic mass is 15.0. The van der Waals surface area contributed by atoms with Crippen molar-refractivity contribution >= 4 is 5.69 Å². The van der Waals surface area contributed by atoms with Gasteiger partial charge in [-0.05, 0) is 24.5 Å². The first-order valence-electron chi connectivity index (χ1n) is 4.43. The van der Waals surface area contributed by atoms with Gasteiger partial charge in [-0.3, -0.25) is 0 Å². The number of hydrogen-bond acceptors (Lipinski definition) is 3. The zero-order valence-electron chi connectivity index (χ0n) is 7.49. The molecule has 0 bridgehead atoms. The van der Waals surface area contributed by atoms with Crippen LogP contribution in [-0.2, 0) is 0 Å². The van der Waals surface area contributed by atoms with E-state index in [1.54, 1.807) is 6.20 Å². The van der Waals surface area contributed by atoms with Crippen molar-refractivity contribution in [3.63, 3.8) is 0 Å². The second-order valence-electron chi connectivity index (χ2n) is 3.48. The maximum Gasteiger partial charge on any atom is 0.163 e. The molecule has 0 saturated heterocycles. The summed E-state index contributed by atoms with van der Waals surface area (Å²) in [6, 6.07) is 6.35. The minimum atomic E-state index is 0.488. The van der Waals surface area contributed by atoms with E-state index in [1.165, 1.54) is 6.42 Å². The molecule has 1 aromatic rings. The van der Waals surface area contributed by atoms with E-state index in [1.807, 2.05) is 12.1 Å². The third-order valence-corrected chi connectivity index (χ3v) is 2.36. The van der Waals surface area contributed by atoms with Crippen molar-refractivity contribution in [2.24, 2.45) is 5.92 Å². The summed E-state index contributed by atoms with van der Waals surface area (Å²) < 4.78 is 0. The van der Waals surface area contributed by atoms with Gasteiger partial charge in [-0.1, -0.05) is 6.92 Å². The summed E-state index contributed by atoms with van der Waals surface area (Å²) >= 11 is 0. The molecule has 1 aromatic heterocycles. The van der Waals surface area contributed by atoms with Gasteiger partial charge in [0.05, 0.1) is 5.69 Å². The molecule has 1 aliphatic carbocycles. The number of nitrogens with one attached hydrogen (secondary N) is 1. The van der Waals surface area contributed by atoms with Crippen molar-refractivity contribution in [1.29, 1.82) is 5.26 Å². The molecule has 0 spiro atoms. The van der Waals surface area contributed by atoms with E-state index in [0.717, 1.165) is 11.6 Å². The topological polar surface area (TPSA) is 48.7 Å². The van der Waals surface area contributed by atoms with Gasteiger partial charge in [0.25, 0.3) is 0 Å². The van der Waals surface area contributed by atoms with Gasteiger partial charge < -0.3 is 5.32 Å². The van der Waals surface area contributed by atoms with Crippen LogP contribution < -0.4 is 5.32 Å². The van der Waals surface area contributed by atoms with Gasteiger partial charge in [0.2, 0.25) is 0 Å². The molecule has 3 nitrogen and oxygen atoms in total. The van der Waals surface area contributed by atoms with E-state index in [-0.39, 0.29) is 0 Å². The highest BCUT2D eigenvalue weighted by Crippen LogP contribution is 2.32. The monoisotopic (exact) mass is 173 g/mol. The number of pyridine rings is 1. The van der Waals surface area contributed by atoms with Gasteiger partial charge in [0, 0.05) is 12.2 Å². The fourth-order valence-electron chi connectivity index (χ4n) is 1.33. The Labute approximate surface area is 77.4 Å². The molecule has 1 aliphatic rings. The highest BCUT2D eigenvalue weighted by molar-refractivity contribution is 5.54. The Bertz CT molecular complexity index is 353. The molecular weight excluding hydrogens is 162 g/mol. The number of hydrogen-bond donors (Lipinski definition) is 1. The Kier molecular flexibility index (Phi) is 1.90. The second kappa shape index (κ2) is 3.06. The minimum absolute atomic E-state index is 0.488. The largest absolute Gasteiger partial charge is 0.380 e. The van der Waals surface area contributed by atoms with E-state index in [4.69, 9.17) is 5.26 Å². The third kappa shape index (κ3) is 1.62. The van der Waals surface area contributed by atoms with Crippen molar-refractivity contribution in [2.75, 3.05) is 5.32 Å². The Morgan fingerprint density at radius 3 is 3.08 bits per heavy atom. The van der Waals surface area contributed by atoms with Crippen LogP contribution in [0.3, 0.4) is 0 Å². The second-order valence-corrected chi connectivity index (χ2v) is 3.48. The average Bonchev–Trinajstić information content (AvgIpc) is 2.83. The fourth-order valence-corrected chi connectivity index (χ4v) is 1.33. The van der Waals surface area contributed by atoms with E-state index in [2.05, 4.69) is 23.3 Å². The molecule has 2 atom stereocenters. The molecule has 0 amide bonds. The third-order valence-electron chi connectivity index (χ3n) is 2.36. The molecule has 0 aliphatic heterocycles. The van der Waals surface area contributed by atoms with Crippen LogP contribution in [0.15, 0.2) is 18.3 Å². The number of anilines is 1. The molecule has 1 heterocycles. The van der Waals surface area contributed by atoms with Crippen molar-refractivity contribution in [3.8, 4) is 6.07 Å². The first-order valence-corrected chi connectivity index (χ1v) is 4.43. The zero-order valence-corrected chi connectivity index (χ0v) is 7.49. The average molecular weight is 173 g/mol. The van der Waals surface area contributed by atoms with Crippen molar-refractivity contribution in [2.45, 2.75) is 19.4 Å². The smallest absolute Gasteiger partial charge is 0.163 e. The molecule has 1 fully saturated rings. The number of nitriles is 1. The summed E-state index contributed by atoms with van der Waals surface area (Å²) in [7, 11) is 0. The van der Waals surface area contributed by atoms with E-state index in [0.29, 0.717) is 11.7 Å². The Morgan fingerprint density at radius 2 is 2.46 bits per heavy atom. The normalized spacial score (nSPS) is 24.9. The van der Waals surface area contributed by atoms with Crippen LogP contribution in [0.1, 0.15) is 19.0 Å². The fraction of sp³-hybridized carbons (Fsp3) is 0.400. The van der Waals surface area contributed by atoms with Gasteiger partial charge in [-0.25, -0.2) is 4.98 Å². The number of nitrogens with zero attached hydrogens (tertiary/aromatic N) is 2. The quantitative estimate of drug-likeness (QED) is 0.741. The Morgan fingerprint density at radius 1 is 1.69 bits per heavy atom. The van der Waals surface area contributed by atoms with Gasteiger partial charge in [-0.15, -0.1) is 0 Å². The van der Waals surface area contributed by atoms with E-state index in [9.17, 15) is 0 Å². The molecule has 0 aromatic carbocycles. The van der Waals surface area contributed by atoms with Gasteiger partial charge in [0.15, 0.2) is 5.69 Å². The van der Waals surface area contributed by atoms with Gasteiger partial charge in [-0.2, -0.15) is 5.26 Å². The van der Waals surface area contributed by atoms with Crippen LogP contribution in [0.4, 0.5) is 5.69 Å². The summed E-state index contributed by atoms with van der Waals surface area (Å²) in [6.45, 7) is 2.19. The molecule has 13 heavy (non-hydrogen) atoms. The van der Waals surface area contributed by atoms with E-state index >= 15 is 0 Å². The van der Waals surface area contributed by atoms with Crippen LogP contribution in [0.25, 0.3) is 0 Å². The lowest BCUT2D eigenvalue weighted by Gasteiger charge is -2.04. The summed E-state index contributed by atoms with van der Waals surface area (Å²) in [5.41, 5.74) is 1.35.